The number of carboxylic acid groups (broad SMARTS) is 1. The van der Waals surface area contributed by atoms with E-state index in [0.717, 1.165) is 23.7 Å². The molecule has 1 aromatic carbocycles. The Morgan fingerprint density at radius 3 is 2.59 bits per heavy atom. The van der Waals surface area contributed by atoms with E-state index in [9.17, 15) is 9.90 Å². The Labute approximate surface area is 101 Å². The van der Waals surface area contributed by atoms with Crippen molar-refractivity contribution in [1.82, 2.24) is 4.57 Å². The molecule has 3 heteroatoms. The largest absolute Gasteiger partial charge is 0.478 e. The lowest BCUT2D eigenvalue weighted by Crippen LogP contribution is -2.08. The van der Waals surface area contributed by atoms with Gasteiger partial charge in [-0.25, -0.2) is 4.79 Å². The van der Waals surface area contributed by atoms with Crippen LogP contribution >= 0.6 is 0 Å². The van der Waals surface area contributed by atoms with Crippen molar-refractivity contribution in [1.29, 1.82) is 0 Å². The van der Waals surface area contributed by atoms with Crippen molar-refractivity contribution >= 4 is 16.9 Å². The molecule has 0 saturated carbocycles. The first kappa shape index (κ1) is 11.7. The monoisotopic (exact) mass is 231 g/mol. The van der Waals surface area contributed by atoms with Gasteiger partial charge in [-0.3, -0.25) is 0 Å². The van der Waals surface area contributed by atoms with Crippen LogP contribution in [0.3, 0.4) is 0 Å². The third-order valence-corrected chi connectivity index (χ3v) is 3.31. The highest BCUT2D eigenvalue weighted by atomic mass is 16.4. The fraction of sp³-hybridized carbons (Fsp3) is 0.357. The van der Waals surface area contributed by atoms with Gasteiger partial charge in [-0.15, -0.1) is 0 Å². The minimum atomic E-state index is -0.860. The molecule has 0 fully saturated rings. The fourth-order valence-electron chi connectivity index (χ4n) is 2.38. The third kappa shape index (κ3) is 1.93. The van der Waals surface area contributed by atoms with Gasteiger partial charge in [-0.2, -0.15) is 0 Å². The van der Waals surface area contributed by atoms with Gasteiger partial charge in [-0.1, -0.05) is 26.0 Å². The summed E-state index contributed by atoms with van der Waals surface area (Å²) in [6.07, 6.45) is 4.01. The van der Waals surface area contributed by atoms with E-state index in [1.54, 1.807) is 12.1 Å². The van der Waals surface area contributed by atoms with Gasteiger partial charge in [0.25, 0.3) is 0 Å². The summed E-state index contributed by atoms with van der Waals surface area (Å²) in [6, 6.07) is 7.78. The Balaban J connectivity index is 2.68. The molecular formula is C14H17NO2. The number of aromatic nitrogens is 1. The Hall–Kier alpha value is -1.77. The smallest absolute Gasteiger partial charge is 0.337 e. The number of rotatable bonds is 4. The first-order valence-electron chi connectivity index (χ1n) is 6.01. The van der Waals surface area contributed by atoms with Crippen LogP contribution in [0.4, 0.5) is 0 Å². The van der Waals surface area contributed by atoms with Gasteiger partial charge in [0, 0.05) is 17.6 Å². The molecule has 0 saturated heterocycles. The number of nitrogens with zero attached hydrogens (tertiary/aromatic N) is 1. The summed E-state index contributed by atoms with van der Waals surface area (Å²) in [5.74, 6) is -0.860. The standard InChI is InChI=1S/C14H17NO2/c1-3-11(4-2)15-9-8-10-6-5-7-12(13(10)15)14(16)17/h5-9,11H,3-4H2,1-2H3,(H,16,17). The highest BCUT2D eigenvalue weighted by Crippen LogP contribution is 2.26. The molecule has 0 aliphatic rings. The number of hydrogen-bond acceptors (Lipinski definition) is 1. The van der Waals surface area contributed by atoms with Gasteiger partial charge in [0.2, 0.25) is 0 Å². The maximum atomic E-state index is 11.3. The van der Waals surface area contributed by atoms with Crippen LogP contribution < -0.4 is 0 Å². The van der Waals surface area contributed by atoms with Crippen molar-refractivity contribution in [2.24, 2.45) is 0 Å². The van der Waals surface area contributed by atoms with Gasteiger partial charge >= 0.3 is 5.97 Å². The summed E-state index contributed by atoms with van der Waals surface area (Å²) in [7, 11) is 0. The molecule has 0 aliphatic carbocycles. The molecule has 0 bridgehead atoms. The molecule has 3 nitrogen and oxygen atoms in total. The molecule has 17 heavy (non-hydrogen) atoms. The zero-order chi connectivity index (χ0) is 12.4. The average molecular weight is 231 g/mol. The third-order valence-electron chi connectivity index (χ3n) is 3.31. The van der Waals surface area contributed by atoms with Gasteiger partial charge in [0.05, 0.1) is 11.1 Å². The molecule has 0 unspecified atom stereocenters. The van der Waals surface area contributed by atoms with Crippen molar-refractivity contribution in [3.63, 3.8) is 0 Å². The summed E-state index contributed by atoms with van der Waals surface area (Å²) >= 11 is 0. The van der Waals surface area contributed by atoms with Crippen LogP contribution in [0.1, 0.15) is 43.1 Å². The van der Waals surface area contributed by atoms with E-state index in [0.29, 0.717) is 11.6 Å². The molecule has 0 amide bonds. The fourth-order valence-corrected chi connectivity index (χ4v) is 2.38. The van der Waals surface area contributed by atoms with Gasteiger partial charge in [-0.05, 0) is 25.0 Å². The van der Waals surface area contributed by atoms with E-state index in [1.807, 2.05) is 18.3 Å². The lowest BCUT2D eigenvalue weighted by Gasteiger charge is -2.17. The minimum Gasteiger partial charge on any atom is -0.478 e. The van der Waals surface area contributed by atoms with E-state index in [2.05, 4.69) is 18.4 Å². The summed E-state index contributed by atoms with van der Waals surface area (Å²) in [6.45, 7) is 4.26. The van der Waals surface area contributed by atoms with Crippen LogP contribution in [0.25, 0.3) is 10.9 Å². The highest BCUT2D eigenvalue weighted by Gasteiger charge is 2.15. The summed E-state index contributed by atoms with van der Waals surface area (Å²) in [5, 5.41) is 10.2. The predicted octanol–water partition coefficient (Wildman–Crippen LogP) is 3.70. The lowest BCUT2D eigenvalue weighted by atomic mass is 10.1. The van der Waals surface area contributed by atoms with E-state index in [1.165, 1.54) is 0 Å². The number of fused-ring (bicyclic) bond motifs is 1. The van der Waals surface area contributed by atoms with Gasteiger partial charge < -0.3 is 9.67 Å². The number of aromatic carboxylic acids is 1. The van der Waals surface area contributed by atoms with Crippen LogP contribution in [-0.4, -0.2) is 15.6 Å². The Morgan fingerprint density at radius 1 is 1.29 bits per heavy atom. The maximum Gasteiger partial charge on any atom is 0.337 e. The Morgan fingerprint density at radius 2 is 2.00 bits per heavy atom. The summed E-state index contributed by atoms with van der Waals surface area (Å²) in [5.41, 5.74) is 1.23. The SMILES string of the molecule is CCC(CC)n1ccc2cccc(C(=O)O)c21. The Kier molecular flexibility index (Phi) is 3.18. The first-order chi connectivity index (χ1) is 8.19. The second kappa shape index (κ2) is 4.62. The summed E-state index contributed by atoms with van der Waals surface area (Å²) in [4.78, 5) is 11.3. The van der Waals surface area contributed by atoms with Gasteiger partial charge in [0.15, 0.2) is 0 Å². The van der Waals surface area contributed by atoms with Crippen LogP contribution in [0.15, 0.2) is 30.5 Å². The zero-order valence-electron chi connectivity index (χ0n) is 10.2. The molecule has 0 spiro atoms. The van der Waals surface area contributed by atoms with Crippen molar-refractivity contribution in [2.45, 2.75) is 32.7 Å². The maximum absolute atomic E-state index is 11.3. The van der Waals surface area contributed by atoms with E-state index < -0.39 is 5.97 Å². The second-order valence-corrected chi connectivity index (χ2v) is 4.24. The molecule has 2 aromatic rings. The number of hydrogen-bond donors (Lipinski definition) is 1. The number of carbonyl (C=O) groups is 1. The van der Waals surface area contributed by atoms with Gasteiger partial charge in [0.1, 0.15) is 0 Å². The molecule has 0 aliphatic heterocycles. The molecule has 2 rings (SSSR count). The number of carboxylic acids is 1. The number of benzene rings is 1. The van der Waals surface area contributed by atoms with Crippen LogP contribution in [0.5, 0.6) is 0 Å². The molecule has 0 radical (unpaired) electrons. The van der Waals surface area contributed by atoms with Crippen molar-refractivity contribution < 1.29 is 9.90 Å². The topological polar surface area (TPSA) is 42.2 Å². The van der Waals surface area contributed by atoms with E-state index in [4.69, 9.17) is 0 Å². The van der Waals surface area contributed by atoms with Crippen LogP contribution in [0.2, 0.25) is 0 Å². The predicted molar refractivity (Wildman–Crippen MR) is 68.5 cm³/mol. The molecule has 0 atom stereocenters. The molecule has 1 N–H and O–H groups in total. The van der Waals surface area contributed by atoms with Crippen molar-refractivity contribution in [3.05, 3.63) is 36.0 Å². The van der Waals surface area contributed by atoms with Crippen molar-refractivity contribution in [2.75, 3.05) is 0 Å². The molecule has 90 valence electrons. The van der Waals surface area contributed by atoms with Crippen LogP contribution in [0, 0.1) is 0 Å². The second-order valence-electron chi connectivity index (χ2n) is 4.24. The summed E-state index contributed by atoms with van der Waals surface area (Å²) < 4.78 is 2.10. The zero-order valence-corrected chi connectivity index (χ0v) is 10.2. The minimum absolute atomic E-state index is 0.369. The van der Waals surface area contributed by atoms with E-state index in [-0.39, 0.29) is 0 Å². The average Bonchev–Trinajstić information content (AvgIpc) is 2.75. The highest BCUT2D eigenvalue weighted by molar-refractivity contribution is 6.02. The quantitative estimate of drug-likeness (QED) is 0.871. The normalized spacial score (nSPS) is 11.2. The Bertz CT molecular complexity index is 538. The first-order valence-corrected chi connectivity index (χ1v) is 6.01. The molecular weight excluding hydrogens is 214 g/mol. The lowest BCUT2D eigenvalue weighted by molar-refractivity contribution is 0.0698. The molecule has 1 heterocycles. The van der Waals surface area contributed by atoms with E-state index >= 15 is 0 Å². The van der Waals surface area contributed by atoms with Crippen molar-refractivity contribution in [3.8, 4) is 0 Å². The van der Waals surface area contributed by atoms with Crippen LogP contribution in [-0.2, 0) is 0 Å². The molecule has 1 aromatic heterocycles. The number of para-hydroxylation sites is 1.